The Labute approximate surface area is 103 Å². The van der Waals surface area contributed by atoms with Gasteiger partial charge in [-0.25, -0.2) is 0 Å². The van der Waals surface area contributed by atoms with Crippen molar-refractivity contribution in [2.24, 2.45) is 0 Å². The van der Waals surface area contributed by atoms with Crippen LogP contribution in [0.4, 0.5) is 0 Å². The van der Waals surface area contributed by atoms with Gasteiger partial charge >= 0.3 is 0 Å². The average molecular weight is 249 g/mol. The lowest BCUT2D eigenvalue weighted by Crippen LogP contribution is -1.87. The first-order chi connectivity index (χ1) is 7.74. The van der Waals surface area contributed by atoms with E-state index >= 15 is 0 Å². The number of hydrogen-bond donors (Lipinski definition) is 0. The van der Waals surface area contributed by atoms with Crippen LogP contribution in [-0.2, 0) is 0 Å². The van der Waals surface area contributed by atoms with Crippen LogP contribution in [0.3, 0.4) is 0 Å². The van der Waals surface area contributed by atoms with Gasteiger partial charge in [0.25, 0.3) is 0 Å². The molecule has 0 bridgehead atoms. The second-order valence-electron chi connectivity index (χ2n) is 3.13. The third-order valence-electron chi connectivity index (χ3n) is 2.18. The zero-order valence-corrected chi connectivity index (χ0v) is 9.63. The summed E-state index contributed by atoms with van der Waals surface area (Å²) in [4.78, 5) is 3.99. The van der Waals surface area contributed by atoms with Crippen molar-refractivity contribution >= 4 is 23.2 Å². The number of pyridine rings is 1. The van der Waals surface area contributed by atoms with Crippen molar-refractivity contribution in [3.8, 4) is 17.2 Å². The molecule has 2 nitrogen and oxygen atoms in total. The van der Waals surface area contributed by atoms with Crippen LogP contribution in [0.2, 0.25) is 10.0 Å². The molecule has 0 N–H and O–H groups in total. The largest absolute Gasteiger partial charge is 0.264 e. The van der Waals surface area contributed by atoms with E-state index in [1.807, 2.05) is 6.07 Å². The fourth-order valence-corrected chi connectivity index (χ4v) is 1.82. The van der Waals surface area contributed by atoms with Crippen molar-refractivity contribution < 1.29 is 0 Å². The van der Waals surface area contributed by atoms with E-state index < -0.39 is 0 Å². The van der Waals surface area contributed by atoms with E-state index in [1.165, 1.54) is 0 Å². The molecule has 1 aromatic heterocycles. The highest BCUT2D eigenvalue weighted by molar-refractivity contribution is 6.43. The van der Waals surface area contributed by atoms with Gasteiger partial charge in [-0.05, 0) is 12.1 Å². The van der Waals surface area contributed by atoms with Crippen molar-refractivity contribution in [2.75, 3.05) is 0 Å². The van der Waals surface area contributed by atoms with Gasteiger partial charge < -0.3 is 0 Å². The second kappa shape index (κ2) is 4.52. The molecule has 2 aromatic rings. The highest BCUT2D eigenvalue weighted by Gasteiger charge is 2.10. The van der Waals surface area contributed by atoms with Crippen LogP contribution in [0.5, 0.6) is 0 Å². The Hall–Kier alpha value is -1.56. The summed E-state index contributed by atoms with van der Waals surface area (Å²) < 4.78 is 0. The van der Waals surface area contributed by atoms with Gasteiger partial charge in [0, 0.05) is 23.5 Å². The van der Waals surface area contributed by atoms with Gasteiger partial charge in [-0.2, -0.15) is 5.26 Å². The van der Waals surface area contributed by atoms with E-state index in [1.54, 1.807) is 30.6 Å². The summed E-state index contributed by atoms with van der Waals surface area (Å²) in [5.74, 6) is 0. The summed E-state index contributed by atoms with van der Waals surface area (Å²) in [5, 5.41) is 9.89. The number of halogens is 2. The van der Waals surface area contributed by atoms with Gasteiger partial charge in [-0.3, -0.25) is 4.98 Å². The average Bonchev–Trinajstić information content (AvgIpc) is 2.33. The minimum Gasteiger partial charge on any atom is -0.264 e. The Morgan fingerprint density at radius 1 is 1.12 bits per heavy atom. The molecule has 2 rings (SSSR count). The summed E-state index contributed by atoms with van der Waals surface area (Å²) in [5.41, 5.74) is 1.94. The fraction of sp³-hybridized carbons (Fsp3) is 0. The van der Waals surface area contributed by atoms with E-state index in [9.17, 15) is 0 Å². The number of benzene rings is 1. The predicted molar refractivity (Wildman–Crippen MR) is 64.4 cm³/mol. The summed E-state index contributed by atoms with van der Waals surface area (Å²) in [7, 11) is 0. The first kappa shape index (κ1) is 10.9. The lowest BCUT2D eigenvalue weighted by atomic mass is 10.0. The molecule has 0 aliphatic heterocycles. The maximum atomic E-state index is 8.99. The van der Waals surface area contributed by atoms with Crippen LogP contribution in [0.1, 0.15) is 5.56 Å². The summed E-state index contributed by atoms with van der Waals surface area (Å²) in [6.45, 7) is 0. The molecule has 0 saturated heterocycles. The summed E-state index contributed by atoms with van der Waals surface area (Å²) in [6.07, 6.45) is 3.18. The topological polar surface area (TPSA) is 36.7 Å². The molecule has 0 radical (unpaired) electrons. The Balaban J connectivity index is 2.69. The first-order valence-electron chi connectivity index (χ1n) is 4.52. The molecule has 0 saturated carbocycles. The highest BCUT2D eigenvalue weighted by Crippen LogP contribution is 2.34. The molecule has 1 heterocycles. The normalized spacial score (nSPS) is 9.81. The van der Waals surface area contributed by atoms with Crippen LogP contribution in [0, 0.1) is 11.3 Å². The number of nitrogens with zero attached hydrogens (tertiary/aromatic N) is 2. The molecular weight excluding hydrogens is 243 g/mol. The molecule has 78 valence electrons. The molecule has 4 heteroatoms. The smallest absolute Gasteiger partial charge is 0.0999 e. The van der Waals surface area contributed by atoms with Crippen molar-refractivity contribution in [1.29, 1.82) is 5.26 Å². The van der Waals surface area contributed by atoms with E-state index in [-0.39, 0.29) is 0 Å². The van der Waals surface area contributed by atoms with Crippen LogP contribution >= 0.6 is 23.2 Å². The van der Waals surface area contributed by atoms with Crippen molar-refractivity contribution in [2.45, 2.75) is 0 Å². The molecule has 0 fully saturated rings. The van der Waals surface area contributed by atoms with Crippen LogP contribution in [0.15, 0.2) is 36.7 Å². The van der Waals surface area contributed by atoms with E-state index in [0.717, 1.165) is 5.56 Å². The number of nitriles is 1. The summed E-state index contributed by atoms with van der Waals surface area (Å²) in [6, 6.07) is 9.05. The zero-order chi connectivity index (χ0) is 11.5. The third kappa shape index (κ3) is 1.88. The van der Waals surface area contributed by atoms with Gasteiger partial charge in [0.15, 0.2) is 0 Å². The van der Waals surface area contributed by atoms with Gasteiger partial charge in [0.2, 0.25) is 0 Å². The molecule has 16 heavy (non-hydrogen) atoms. The number of rotatable bonds is 1. The summed E-state index contributed by atoms with van der Waals surface area (Å²) >= 11 is 12.0. The van der Waals surface area contributed by atoms with Crippen LogP contribution in [-0.4, -0.2) is 4.98 Å². The number of aromatic nitrogens is 1. The van der Waals surface area contributed by atoms with Gasteiger partial charge in [-0.15, -0.1) is 0 Å². The zero-order valence-electron chi connectivity index (χ0n) is 8.11. The van der Waals surface area contributed by atoms with E-state index in [0.29, 0.717) is 21.2 Å². The molecule has 1 aromatic carbocycles. The predicted octanol–water partition coefficient (Wildman–Crippen LogP) is 3.93. The lowest BCUT2D eigenvalue weighted by Gasteiger charge is -2.06. The van der Waals surface area contributed by atoms with E-state index in [4.69, 9.17) is 28.5 Å². The minimum absolute atomic E-state index is 0.439. The molecule has 0 spiro atoms. The second-order valence-corrected chi connectivity index (χ2v) is 3.92. The van der Waals surface area contributed by atoms with Gasteiger partial charge in [0.1, 0.15) is 0 Å². The molecule has 0 aliphatic carbocycles. The van der Waals surface area contributed by atoms with Crippen molar-refractivity contribution in [3.05, 3.63) is 52.3 Å². The highest BCUT2D eigenvalue weighted by atomic mass is 35.5. The fourth-order valence-electron chi connectivity index (χ4n) is 1.42. The minimum atomic E-state index is 0.439. The molecule has 0 atom stereocenters. The Kier molecular flexibility index (Phi) is 3.09. The van der Waals surface area contributed by atoms with E-state index in [2.05, 4.69) is 11.1 Å². The van der Waals surface area contributed by atoms with Crippen molar-refractivity contribution in [1.82, 2.24) is 4.98 Å². The van der Waals surface area contributed by atoms with Crippen molar-refractivity contribution in [3.63, 3.8) is 0 Å². The molecule has 0 amide bonds. The van der Waals surface area contributed by atoms with Gasteiger partial charge in [0.05, 0.1) is 21.7 Å². The Morgan fingerprint density at radius 2 is 1.94 bits per heavy atom. The van der Waals surface area contributed by atoms with Gasteiger partial charge in [-0.1, -0.05) is 35.3 Å². The van der Waals surface area contributed by atoms with Crippen LogP contribution in [0.25, 0.3) is 11.1 Å². The third-order valence-corrected chi connectivity index (χ3v) is 3.00. The lowest BCUT2D eigenvalue weighted by molar-refractivity contribution is 1.31. The standard InChI is InChI=1S/C12H6Cl2N2/c13-11-3-1-2-9(12(11)14)10-7-16-5-4-8(10)6-15/h1-5,7H. The number of hydrogen-bond acceptors (Lipinski definition) is 2. The Bertz CT molecular complexity index is 573. The maximum Gasteiger partial charge on any atom is 0.0999 e. The quantitative estimate of drug-likeness (QED) is 0.767. The Morgan fingerprint density at radius 3 is 2.69 bits per heavy atom. The molecule has 0 unspecified atom stereocenters. The SMILES string of the molecule is N#Cc1ccncc1-c1cccc(Cl)c1Cl. The van der Waals surface area contributed by atoms with Crippen LogP contribution < -0.4 is 0 Å². The monoisotopic (exact) mass is 248 g/mol. The maximum absolute atomic E-state index is 8.99. The molecular formula is C12H6Cl2N2. The molecule has 0 aliphatic rings. The first-order valence-corrected chi connectivity index (χ1v) is 5.28.